The monoisotopic (exact) mass is 502 g/mol. The van der Waals surface area contributed by atoms with Crippen LogP contribution in [0, 0.1) is 0 Å². The Balaban J connectivity index is 1.51. The molecule has 4 aromatic rings. The Kier molecular flexibility index (Phi) is 7.37. The van der Waals surface area contributed by atoms with E-state index in [9.17, 15) is 4.79 Å². The summed E-state index contributed by atoms with van der Waals surface area (Å²) in [6.45, 7) is 2.81. The number of hydrogen-bond donors (Lipinski definition) is 1. The molecule has 0 spiro atoms. The smallest absolute Gasteiger partial charge is 0.271 e. The molecule has 4 aromatic carbocycles. The molecule has 0 atom stereocenters. The lowest BCUT2D eigenvalue weighted by atomic mass is 10.1. The summed E-state index contributed by atoms with van der Waals surface area (Å²) in [7, 11) is 0. The highest BCUT2D eigenvalue weighted by Crippen LogP contribution is 2.37. The van der Waals surface area contributed by atoms with Crippen LogP contribution in [0.3, 0.4) is 0 Å². The first-order valence-corrected chi connectivity index (χ1v) is 11.4. The third-order valence-electron chi connectivity index (χ3n) is 5.00. The summed E-state index contributed by atoms with van der Waals surface area (Å²) < 4.78 is 12.8. The Labute approximate surface area is 201 Å². The molecule has 0 heterocycles. The van der Waals surface area contributed by atoms with E-state index in [0.29, 0.717) is 30.3 Å². The van der Waals surface area contributed by atoms with Gasteiger partial charge in [-0.25, -0.2) is 5.43 Å². The maximum atomic E-state index is 12.2. The number of hydrogen-bond acceptors (Lipinski definition) is 4. The molecule has 4 rings (SSSR count). The Morgan fingerprint density at radius 2 is 1.73 bits per heavy atom. The molecule has 5 nitrogen and oxygen atoms in total. The first-order valence-electron chi connectivity index (χ1n) is 10.6. The molecule has 166 valence electrons. The standard InChI is InChI=1S/C27H23BrN2O3/c1-2-32-25-16-19(17-29-30-27(31)21-10-4-3-5-11-21)15-24(28)26(25)33-18-22-13-8-12-20-9-6-7-14-23(20)22/h3-17H,2,18H2,1H3,(H,30,31)/b29-17-. The minimum absolute atomic E-state index is 0.272. The molecule has 0 aliphatic rings. The van der Waals surface area contributed by atoms with Crippen molar-refractivity contribution >= 4 is 38.8 Å². The molecule has 0 bridgehead atoms. The van der Waals surface area contributed by atoms with Gasteiger partial charge in [0.15, 0.2) is 11.5 Å². The fourth-order valence-electron chi connectivity index (χ4n) is 3.45. The number of benzene rings is 4. The molecule has 0 aromatic heterocycles. The predicted octanol–water partition coefficient (Wildman–Crippen LogP) is 6.34. The second kappa shape index (κ2) is 10.8. The molecule has 0 radical (unpaired) electrons. The first-order chi connectivity index (χ1) is 16.2. The summed E-state index contributed by atoms with van der Waals surface area (Å²) in [6.07, 6.45) is 1.57. The van der Waals surface area contributed by atoms with E-state index in [1.165, 1.54) is 5.39 Å². The molecular formula is C27H23BrN2O3. The predicted molar refractivity (Wildman–Crippen MR) is 135 cm³/mol. The van der Waals surface area contributed by atoms with Crippen molar-refractivity contribution in [1.29, 1.82) is 0 Å². The van der Waals surface area contributed by atoms with Crippen molar-refractivity contribution in [2.75, 3.05) is 6.61 Å². The van der Waals surface area contributed by atoms with Crippen molar-refractivity contribution < 1.29 is 14.3 Å². The van der Waals surface area contributed by atoms with Crippen molar-refractivity contribution in [1.82, 2.24) is 5.43 Å². The van der Waals surface area contributed by atoms with Gasteiger partial charge < -0.3 is 9.47 Å². The number of halogens is 1. The average molecular weight is 503 g/mol. The third-order valence-corrected chi connectivity index (χ3v) is 5.59. The van der Waals surface area contributed by atoms with Crippen molar-refractivity contribution in [3.8, 4) is 11.5 Å². The normalized spacial score (nSPS) is 11.0. The Morgan fingerprint density at radius 3 is 2.55 bits per heavy atom. The number of fused-ring (bicyclic) bond motifs is 1. The van der Waals surface area contributed by atoms with Crippen LogP contribution in [0.15, 0.2) is 94.5 Å². The molecule has 0 fully saturated rings. The van der Waals surface area contributed by atoms with Crippen molar-refractivity contribution in [2.45, 2.75) is 13.5 Å². The van der Waals surface area contributed by atoms with Crippen LogP contribution in [0.5, 0.6) is 11.5 Å². The number of hydrazone groups is 1. The van der Waals surface area contributed by atoms with Gasteiger partial charge in [-0.15, -0.1) is 0 Å². The Morgan fingerprint density at radius 1 is 0.970 bits per heavy atom. The van der Waals surface area contributed by atoms with Gasteiger partial charge in [-0.05, 0) is 69.0 Å². The van der Waals surface area contributed by atoms with Gasteiger partial charge in [0.05, 0.1) is 17.3 Å². The zero-order valence-electron chi connectivity index (χ0n) is 18.1. The second-order valence-electron chi connectivity index (χ2n) is 7.26. The number of amides is 1. The quantitative estimate of drug-likeness (QED) is 0.225. The van der Waals surface area contributed by atoms with Gasteiger partial charge in [0.25, 0.3) is 5.91 Å². The van der Waals surface area contributed by atoms with Crippen molar-refractivity contribution in [3.05, 3.63) is 106 Å². The van der Waals surface area contributed by atoms with Crippen molar-refractivity contribution in [3.63, 3.8) is 0 Å². The van der Waals surface area contributed by atoms with Gasteiger partial charge in [0.1, 0.15) is 6.61 Å². The maximum absolute atomic E-state index is 12.2. The molecule has 0 aliphatic carbocycles. The molecule has 0 aliphatic heterocycles. The molecule has 6 heteroatoms. The van der Waals surface area contributed by atoms with Crippen LogP contribution < -0.4 is 14.9 Å². The van der Waals surface area contributed by atoms with Crippen LogP contribution in [0.2, 0.25) is 0 Å². The van der Waals surface area contributed by atoms with Crippen LogP contribution in [0.1, 0.15) is 28.4 Å². The molecule has 0 unspecified atom stereocenters. The van der Waals surface area contributed by atoms with E-state index in [4.69, 9.17) is 9.47 Å². The molecule has 0 saturated carbocycles. The Hall–Kier alpha value is -3.64. The molecule has 33 heavy (non-hydrogen) atoms. The van der Waals surface area contributed by atoms with E-state index >= 15 is 0 Å². The summed E-state index contributed by atoms with van der Waals surface area (Å²) in [4.78, 5) is 12.2. The van der Waals surface area contributed by atoms with Gasteiger partial charge in [0.2, 0.25) is 0 Å². The number of ether oxygens (including phenoxy) is 2. The largest absolute Gasteiger partial charge is 0.490 e. The first kappa shape index (κ1) is 22.6. The summed E-state index contributed by atoms with van der Waals surface area (Å²) >= 11 is 3.59. The number of nitrogens with one attached hydrogen (secondary N) is 1. The van der Waals surface area contributed by atoms with Gasteiger partial charge in [-0.2, -0.15) is 5.10 Å². The highest BCUT2D eigenvalue weighted by atomic mass is 79.9. The average Bonchev–Trinajstić information content (AvgIpc) is 2.84. The molecule has 1 N–H and O–H groups in total. The van der Waals surface area contributed by atoms with Gasteiger partial charge in [-0.3, -0.25) is 4.79 Å². The van der Waals surface area contributed by atoms with E-state index < -0.39 is 0 Å². The zero-order chi connectivity index (χ0) is 23.0. The number of nitrogens with zero attached hydrogens (tertiary/aromatic N) is 1. The zero-order valence-corrected chi connectivity index (χ0v) is 19.7. The highest BCUT2D eigenvalue weighted by Gasteiger charge is 2.13. The molecular weight excluding hydrogens is 480 g/mol. The minimum atomic E-state index is -0.272. The lowest BCUT2D eigenvalue weighted by Gasteiger charge is -2.15. The van der Waals surface area contributed by atoms with Gasteiger partial charge in [-0.1, -0.05) is 60.7 Å². The van der Waals surface area contributed by atoms with Crippen LogP contribution in [-0.2, 0) is 6.61 Å². The topological polar surface area (TPSA) is 59.9 Å². The number of carbonyl (C=O) groups excluding carboxylic acids is 1. The highest BCUT2D eigenvalue weighted by molar-refractivity contribution is 9.10. The Bertz CT molecular complexity index is 1280. The number of rotatable bonds is 8. The van der Waals surface area contributed by atoms with E-state index in [1.54, 1.807) is 30.5 Å². The minimum Gasteiger partial charge on any atom is -0.490 e. The van der Waals surface area contributed by atoms with E-state index in [-0.39, 0.29) is 5.91 Å². The second-order valence-corrected chi connectivity index (χ2v) is 8.11. The van der Waals surface area contributed by atoms with E-state index in [1.807, 2.05) is 43.3 Å². The third kappa shape index (κ3) is 5.59. The van der Waals surface area contributed by atoms with E-state index in [2.05, 4.69) is 50.7 Å². The fourth-order valence-corrected chi connectivity index (χ4v) is 4.03. The molecule has 1 amide bonds. The van der Waals surface area contributed by atoms with Crippen LogP contribution >= 0.6 is 15.9 Å². The fraction of sp³-hybridized carbons (Fsp3) is 0.111. The number of carbonyl (C=O) groups is 1. The van der Waals surface area contributed by atoms with Crippen LogP contribution in [-0.4, -0.2) is 18.7 Å². The molecule has 0 saturated heterocycles. The van der Waals surface area contributed by atoms with E-state index in [0.717, 1.165) is 21.0 Å². The van der Waals surface area contributed by atoms with Crippen LogP contribution in [0.25, 0.3) is 10.8 Å². The van der Waals surface area contributed by atoms with Crippen LogP contribution in [0.4, 0.5) is 0 Å². The summed E-state index contributed by atoms with van der Waals surface area (Å²) in [5.41, 5.74) is 4.94. The lowest BCUT2D eigenvalue weighted by molar-refractivity contribution is 0.0955. The van der Waals surface area contributed by atoms with Crippen molar-refractivity contribution in [2.24, 2.45) is 5.10 Å². The van der Waals surface area contributed by atoms with Gasteiger partial charge >= 0.3 is 0 Å². The summed E-state index contributed by atoms with van der Waals surface area (Å²) in [6, 6.07) is 27.1. The maximum Gasteiger partial charge on any atom is 0.271 e. The summed E-state index contributed by atoms with van der Waals surface area (Å²) in [5.74, 6) is 0.948. The lowest BCUT2D eigenvalue weighted by Crippen LogP contribution is -2.17. The SMILES string of the molecule is CCOc1cc(/C=N\NC(=O)c2ccccc2)cc(Br)c1OCc1cccc2ccccc12. The summed E-state index contributed by atoms with van der Waals surface area (Å²) in [5, 5.41) is 6.41. The van der Waals surface area contributed by atoms with Gasteiger partial charge in [0, 0.05) is 5.56 Å².